The smallest absolute Gasteiger partial charge is 0.313 e. The number of hydrogen-bond acceptors (Lipinski definition) is 6. The minimum Gasteiger partial charge on any atom is -0.481 e. The van der Waals surface area contributed by atoms with Crippen LogP contribution in [0.25, 0.3) is 22.9 Å². The monoisotopic (exact) mass is 305 g/mol. The van der Waals surface area contributed by atoms with Gasteiger partial charge in [0.1, 0.15) is 5.76 Å². The summed E-state index contributed by atoms with van der Waals surface area (Å²) in [5.41, 5.74) is 0.865. The van der Waals surface area contributed by atoms with Crippen LogP contribution in [-0.2, 0) is 11.8 Å². The van der Waals surface area contributed by atoms with Crippen molar-refractivity contribution in [2.75, 3.05) is 5.75 Å². The van der Waals surface area contributed by atoms with Gasteiger partial charge in [0, 0.05) is 13.2 Å². The van der Waals surface area contributed by atoms with Crippen molar-refractivity contribution < 1.29 is 14.3 Å². The lowest BCUT2D eigenvalue weighted by atomic mass is 10.3. The highest BCUT2D eigenvalue weighted by Crippen LogP contribution is 2.27. The molecule has 0 unspecified atom stereocenters. The normalized spacial score (nSPS) is 10.9. The van der Waals surface area contributed by atoms with Crippen LogP contribution in [0.5, 0.6) is 0 Å². The fraction of sp³-hybridized carbons (Fsp3) is 0.167. The number of rotatable bonds is 5. The number of thioether (sulfide) groups is 1. The van der Waals surface area contributed by atoms with Crippen molar-refractivity contribution >= 4 is 17.7 Å². The zero-order valence-corrected chi connectivity index (χ0v) is 11.8. The molecular weight excluding hydrogens is 294 g/mol. The third-order valence-electron chi connectivity index (χ3n) is 2.62. The highest BCUT2D eigenvalue weighted by atomic mass is 32.2. The summed E-state index contributed by atoms with van der Waals surface area (Å²) in [5, 5.41) is 19.7. The molecule has 108 valence electrons. The second-order valence-corrected chi connectivity index (χ2v) is 5.16. The molecule has 8 nitrogen and oxygen atoms in total. The molecule has 3 aromatic rings. The van der Waals surface area contributed by atoms with E-state index in [1.807, 2.05) is 19.3 Å². The number of nitrogens with zero attached hydrogens (tertiary/aromatic N) is 4. The number of aryl methyl sites for hydroxylation is 1. The maximum atomic E-state index is 10.5. The van der Waals surface area contributed by atoms with Crippen molar-refractivity contribution in [1.82, 2.24) is 25.0 Å². The number of aliphatic carboxylic acids is 1. The third-order valence-corrected chi connectivity index (χ3v) is 3.45. The van der Waals surface area contributed by atoms with Gasteiger partial charge in [0.25, 0.3) is 0 Å². The molecular formula is C12H11N5O3S. The SMILES string of the molecule is Cn1cc(-c2ccc(-c3nc(SCC(=O)O)n[nH]3)o2)cn1. The lowest BCUT2D eigenvalue weighted by Gasteiger charge is -1.91. The number of hydrogen-bond donors (Lipinski definition) is 2. The highest BCUT2D eigenvalue weighted by molar-refractivity contribution is 7.99. The number of carboxylic acid groups (broad SMARTS) is 1. The first kappa shape index (κ1) is 13.4. The molecule has 3 rings (SSSR count). The quantitative estimate of drug-likeness (QED) is 0.689. The van der Waals surface area contributed by atoms with Gasteiger partial charge < -0.3 is 9.52 Å². The first-order valence-corrected chi connectivity index (χ1v) is 6.96. The summed E-state index contributed by atoms with van der Waals surface area (Å²) >= 11 is 1.04. The predicted molar refractivity (Wildman–Crippen MR) is 74.6 cm³/mol. The van der Waals surface area contributed by atoms with Gasteiger partial charge in [0.15, 0.2) is 11.6 Å². The van der Waals surface area contributed by atoms with Crippen molar-refractivity contribution in [1.29, 1.82) is 0 Å². The van der Waals surface area contributed by atoms with Crippen LogP contribution < -0.4 is 0 Å². The van der Waals surface area contributed by atoms with Gasteiger partial charge in [-0.2, -0.15) is 10.1 Å². The van der Waals surface area contributed by atoms with Gasteiger partial charge in [0.2, 0.25) is 5.16 Å². The van der Waals surface area contributed by atoms with Crippen molar-refractivity contribution in [3.05, 3.63) is 24.5 Å². The first-order chi connectivity index (χ1) is 10.1. The van der Waals surface area contributed by atoms with Gasteiger partial charge in [-0.3, -0.25) is 14.6 Å². The Hall–Kier alpha value is -2.55. The number of furan rings is 1. The van der Waals surface area contributed by atoms with Gasteiger partial charge in [-0.15, -0.1) is 5.10 Å². The summed E-state index contributed by atoms with van der Waals surface area (Å²) in [4.78, 5) is 14.7. The summed E-state index contributed by atoms with van der Waals surface area (Å²) in [6, 6.07) is 3.59. The number of aromatic nitrogens is 5. The van der Waals surface area contributed by atoms with Crippen LogP contribution in [0, 0.1) is 0 Å². The zero-order chi connectivity index (χ0) is 14.8. The van der Waals surface area contributed by atoms with E-state index in [4.69, 9.17) is 9.52 Å². The van der Waals surface area contributed by atoms with Crippen LogP contribution in [0.3, 0.4) is 0 Å². The molecule has 21 heavy (non-hydrogen) atoms. The second kappa shape index (κ2) is 5.44. The molecule has 0 amide bonds. The van der Waals surface area contributed by atoms with Gasteiger partial charge in [-0.05, 0) is 12.1 Å². The van der Waals surface area contributed by atoms with E-state index in [2.05, 4.69) is 20.3 Å². The number of carboxylic acids is 1. The van der Waals surface area contributed by atoms with Crippen molar-refractivity contribution in [2.24, 2.45) is 7.05 Å². The van der Waals surface area contributed by atoms with E-state index in [0.29, 0.717) is 22.5 Å². The Balaban J connectivity index is 1.78. The van der Waals surface area contributed by atoms with Gasteiger partial charge in [0.05, 0.1) is 17.5 Å². The van der Waals surface area contributed by atoms with E-state index < -0.39 is 5.97 Å². The van der Waals surface area contributed by atoms with Gasteiger partial charge in [-0.1, -0.05) is 11.8 Å². The number of aromatic amines is 1. The maximum Gasteiger partial charge on any atom is 0.313 e. The van der Waals surface area contributed by atoms with E-state index in [0.717, 1.165) is 17.3 Å². The van der Waals surface area contributed by atoms with Crippen LogP contribution >= 0.6 is 11.8 Å². The standard InChI is InChI=1S/C12H11N5O3S/c1-17-5-7(4-13-17)8-2-3-9(20-8)11-14-12(16-15-11)21-6-10(18)19/h2-5H,6H2,1H3,(H,18,19)(H,14,15,16). The lowest BCUT2D eigenvalue weighted by molar-refractivity contribution is -0.133. The molecule has 0 saturated carbocycles. The van der Waals surface area contributed by atoms with E-state index >= 15 is 0 Å². The topological polar surface area (TPSA) is 110 Å². The van der Waals surface area contributed by atoms with E-state index in [-0.39, 0.29) is 5.75 Å². The number of H-pyrrole nitrogens is 1. The largest absolute Gasteiger partial charge is 0.481 e. The highest BCUT2D eigenvalue weighted by Gasteiger charge is 2.13. The Morgan fingerprint density at radius 1 is 1.48 bits per heavy atom. The molecule has 0 aliphatic rings. The Morgan fingerprint density at radius 3 is 3.00 bits per heavy atom. The Morgan fingerprint density at radius 2 is 2.29 bits per heavy atom. The number of nitrogens with one attached hydrogen (secondary N) is 1. The van der Waals surface area contributed by atoms with E-state index in [1.165, 1.54) is 0 Å². The molecule has 0 spiro atoms. The molecule has 2 N–H and O–H groups in total. The predicted octanol–water partition coefficient (Wildman–Crippen LogP) is 1.64. The molecule has 3 aromatic heterocycles. The van der Waals surface area contributed by atoms with Crippen LogP contribution in [0.15, 0.2) is 34.1 Å². The Kier molecular flexibility index (Phi) is 3.48. The van der Waals surface area contributed by atoms with Crippen LogP contribution in [-0.4, -0.2) is 41.8 Å². The molecule has 0 aliphatic heterocycles. The van der Waals surface area contributed by atoms with Crippen molar-refractivity contribution in [2.45, 2.75) is 5.16 Å². The Bertz CT molecular complexity index is 775. The summed E-state index contributed by atoms with van der Waals surface area (Å²) in [6.45, 7) is 0. The minimum absolute atomic E-state index is 0.0869. The second-order valence-electron chi connectivity index (χ2n) is 4.22. The molecule has 0 saturated heterocycles. The summed E-state index contributed by atoms with van der Waals surface area (Å²) in [7, 11) is 1.83. The van der Waals surface area contributed by atoms with Crippen molar-refractivity contribution in [3.63, 3.8) is 0 Å². The van der Waals surface area contributed by atoms with Gasteiger partial charge >= 0.3 is 5.97 Å². The third kappa shape index (κ3) is 2.97. The minimum atomic E-state index is -0.914. The maximum absolute atomic E-state index is 10.5. The molecule has 0 atom stereocenters. The molecule has 0 aromatic carbocycles. The van der Waals surface area contributed by atoms with Crippen molar-refractivity contribution in [3.8, 4) is 22.9 Å². The molecule has 0 radical (unpaired) electrons. The summed E-state index contributed by atoms with van der Waals surface area (Å²) < 4.78 is 7.38. The van der Waals surface area contributed by atoms with E-state index in [1.54, 1.807) is 16.9 Å². The molecule has 0 fully saturated rings. The molecule has 0 aliphatic carbocycles. The van der Waals surface area contributed by atoms with Crippen LogP contribution in [0.4, 0.5) is 0 Å². The fourth-order valence-corrected chi connectivity index (χ4v) is 2.23. The van der Waals surface area contributed by atoms with E-state index in [9.17, 15) is 4.79 Å². The summed E-state index contributed by atoms with van der Waals surface area (Å²) in [6.07, 6.45) is 3.55. The molecule has 3 heterocycles. The van der Waals surface area contributed by atoms with Crippen LogP contribution in [0.2, 0.25) is 0 Å². The lowest BCUT2D eigenvalue weighted by Crippen LogP contribution is -1.97. The number of carbonyl (C=O) groups is 1. The molecule has 9 heteroatoms. The fourth-order valence-electron chi connectivity index (χ4n) is 1.72. The molecule has 0 bridgehead atoms. The van der Waals surface area contributed by atoms with Crippen LogP contribution in [0.1, 0.15) is 0 Å². The first-order valence-electron chi connectivity index (χ1n) is 5.98. The Labute approximate surface area is 123 Å². The summed E-state index contributed by atoms with van der Waals surface area (Å²) in [5.74, 6) is 0.662. The van der Waals surface area contributed by atoms with Gasteiger partial charge in [-0.25, -0.2) is 0 Å². The average Bonchev–Trinajstić information content (AvgIpc) is 3.15. The average molecular weight is 305 g/mol. The zero-order valence-electron chi connectivity index (χ0n) is 11.0.